The van der Waals surface area contributed by atoms with Crippen LogP contribution in [0.15, 0.2) is 89.3 Å². The fourth-order valence-electron chi connectivity index (χ4n) is 3.34. The van der Waals surface area contributed by atoms with Gasteiger partial charge in [-0.1, -0.05) is 59.9 Å². The summed E-state index contributed by atoms with van der Waals surface area (Å²) in [6.45, 7) is 1.81. The van der Waals surface area contributed by atoms with Gasteiger partial charge in [-0.2, -0.15) is 4.31 Å². The first-order chi connectivity index (χ1) is 15.8. The van der Waals surface area contributed by atoms with Gasteiger partial charge >= 0.3 is 0 Å². The van der Waals surface area contributed by atoms with Crippen molar-refractivity contribution in [1.82, 2.24) is 4.31 Å². The monoisotopic (exact) mass is 457 g/mol. The zero-order chi connectivity index (χ0) is 23.6. The van der Waals surface area contributed by atoms with Crippen LogP contribution < -0.4 is 4.74 Å². The van der Waals surface area contributed by atoms with Gasteiger partial charge in [-0.05, 0) is 48.9 Å². The molecule has 33 heavy (non-hydrogen) atoms. The Morgan fingerprint density at radius 3 is 2.03 bits per heavy atom. The summed E-state index contributed by atoms with van der Waals surface area (Å²) in [5, 5.41) is 0. The first-order valence-electron chi connectivity index (χ1n) is 9.99. The Kier molecular flexibility index (Phi) is 5.86. The lowest BCUT2D eigenvalue weighted by molar-refractivity contribution is -0.130. The highest BCUT2D eigenvalue weighted by molar-refractivity contribution is 7.90. The van der Waals surface area contributed by atoms with Crippen LogP contribution in [-0.4, -0.2) is 31.6 Å². The molecule has 0 spiro atoms. The topological polar surface area (TPSA) is 80.8 Å². The molecule has 0 saturated heterocycles. The number of ether oxygens (including phenoxy) is 1. The van der Waals surface area contributed by atoms with Crippen LogP contribution in [0, 0.1) is 18.8 Å². The Hall–Kier alpha value is -4.15. The van der Waals surface area contributed by atoms with Crippen LogP contribution in [0.4, 0.5) is 0 Å². The number of carbonyl (C=O) groups excluding carboxylic acids is 2. The molecule has 164 valence electrons. The van der Waals surface area contributed by atoms with Crippen LogP contribution in [-0.2, 0) is 19.6 Å². The number of imide groups is 1. The van der Waals surface area contributed by atoms with E-state index in [1.165, 1.54) is 19.2 Å². The van der Waals surface area contributed by atoms with E-state index in [4.69, 9.17) is 4.74 Å². The van der Waals surface area contributed by atoms with E-state index < -0.39 is 21.8 Å². The Bertz CT molecular complexity index is 1430. The molecule has 1 aliphatic rings. The van der Waals surface area contributed by atoms with Gasteiger partial charge in [-0.15, -0.1) is 0 Å². The average Bonchev–Trinajstić information content (AvgIpc) is 3.08. The second-order valence-electron chi connectivity index (χ2n) is 7.29. The molecule has 0 aromatic heterocycles. The largest absolute Gasteiger partial charge is 0.497 e. The van der Waals surface area contributed by atoms with Crippen molar-refractivity contribution in [2.45, 2.75) is 11.8 Å². The van der Waals surface area contributed by atoms with Gasteiger partial charge in [0.2, 0.25) is 0 Å². The molecule has 0 aliphatic carbocycles. The molecule has 0 atom stereocenters. The van der Waals surface area contributed by atoms with Crippen molar-refractivity contribution in [3.63, 3.8) is 0 Å². The summed E-state index contributed by atoms with van der Waals surface area (Å²) in [6, 6.07) is 21.3. The highest BCUT2D eigenvalue weighted by Gasteiger charge is 2.46. The van der Waals surface area contributed by atoms with Crippen LogP contribution in [0.1, 0.15) is 16.7 Å². The number of benzene rings is 3. The molecule has 0 radical (unpaired) electrons. The zero-order valence-electron chi connectivity index (χ0n) is 17.9. The third kappa shape index (κ3) is 4.16. The molecule has 3 aromatic carbocycles. The number of nitrogens with zero attached hydrogens (tertiary/aromatic N) is 1. The molecule has 7 heteroatoms. The summed E-state index contributed by atoms with van der Waals surface area (Å²) in [4.78, 5) is 26.5. The molecule has 4 rings (SSSR count). The van der Waals surface area contributed by atoms with Crippen molar-refractivity contribution in [3.05, 3.63) is 101 Å². The molecule has 0 fully saturated rings. The lowest BCUT2D eigenvalue weighted by Gasteiger charge is -2.15. The minimum absolute atomic E-state index is 0.0678. The maximum Gasteiger partial charge on any atom is 0.284 e. The first-order valence-corrected chi connectivity index (χ1v) is 11.4. The maximum atomic E-state index is 13.3. The lowest BCUT2D eigenvalue weighted by Crippen LogP contribution is -2.37. The van der Waals surface area contributed by atoms with Crippen LogP contribution >= 0.6 is 0 Å². The summed E-state index contributed by atoms with van der Waals surface area (Å²) in [6.07, 6.45) is 0. The zero-order valence-corrected chi connectivity index (χ0v) is 18.7. The highest BCUT2D eigenvalue weighted by atomic mass is 32.2. The van der Waals surface area contributed by atoms with E-state index in [0.717, 1.165) is 5.56 Å². The normalized spacial score (nSPS) is 13.7. The van der Waals surface area contributed by atoms with Crippen LogP contribution in [0.5, 0.6) is 5.75 Å². The molecule has 2 amide bonds. The van der Waals surface area contributed by atoms with E-state index in [-0.39, 0.29) is 16.0 Å². The third-order valence-electron chi connectivity index (χ3n) is 5.09. The maximum absolute atomic E-state index is 13.3. The molecule has 0 unspecified atom stereocenters. The number of aryl methyl sites for hydroxylation is 1. The first kappa shape index (κ1) is 22.1. The summed E-state index contributed by atoms with van der Waals surface area (Å²) in [7, 11) is -2.92. The standard InChI is InChI=1S/C26H19NO5S/c1-18-8-15-22(16-9-18)33(30,31)27-25(28)23(17-10-19-6-4-3-5-7-19)24(26(27)29)20-11-13-21(32-2)14-12-20/h3-9,11-16H,1-2H3. The van der Waals surface area contributed by atoms with Gasteiger partial charge in [-0.25, -0.2) is 8.42 Å². The van der Waals surface area contributed by atoms with E-state index in [1.807, 2.05) is 13.0 Å². The molecule has 3 aromatic rings. The van der Waals surface area contributed by atoms with Crippen molar-refractivity contribution < 1.29 is 22.7 Å². The molecule has 1 aliphatic heterocycles. The molecular weight excluding hydrogens is 438 g/mol. The van der Waals surface area contributed by atoms with E-state index in [1.54, 1.807) is 60.7 Å². The molecule has 0 N–H and O–H groups in total. The Labute approximate surface area is 192 Å². The molecular formula is C26H19NO5S. The molecule has 1 heterocycles. The Balaban J connectivity index is 1.85. The van der Waals surface area contributed by atoms with Gasteiger partial charge in [0.1, 0.15) is 11.3 Å². The van der Waals surface area contributed by atoms with Gasteiger partial charge in [0, 0.05) is 5.56 Å². The lowest BCUT2D eigenvalue weighted by atomic mass is 10.0. The molecule has 0 saturated carbocycles. The summed E-state index contributed by atoms with van der Waals surface area (Å²) < 4.78 is 32.0. The van der Waals surface area contributed by atoms with Gasteiger partial charge in [0.15, 0.2) is 0 Å². The number of methoxy groups -OCH3 is 1. The molecule has 0 bridgehead atoms. The second kappa shape index (κ2) is 8.77. The number of rotatable bonds is 4. The second-order valence-corrected chi connectivity index (χ2v) is 9.07. The Morgan fingerprint density at radius 1 is 0.788 bits per heavy atom. The van der Waals surface area contributed by atoms with Gasteiger partial charge < -0.3 is 4.74 Å². The third-order valence-corrected chi connectivity index (χ3v) is 6.77. The van der Waals surface area contributed by atoms with Gasteiger partial charge in [0.25, 0.3) is 21.8 Å². The molecule has 6 nitrogen and oxygen atoms in total. The SMILES string of the molecule is COc1ccc(C2=C(C#Cc3ccccc3)C(=O)N(S(=O)(=O)c3ccc(C)cc3)C2=O)cc1. The highest BCUT2D eigenvalue weighted by Crippen LogP contribution is 2.34. The van der Waals surface area contributed by atoms with Gasteiger partial charge in [-0.3, -0.25) is 9.59 Å². The number of hydrogen-bond acceptors (Lipinski definition) is 5. The fraction of sp³-hybridized carbons (Fsp3) is 0.0769. The van der Waals surface area contributed by atoms with Crippen molar-refractivity contribution in [1.29, 1.82) is 0 Å². The number of carbonyl (C=O) groups is 2. The minimum Gasteiger partial charge on any atom is -0.497 e. The quantitative estimate of drug-likeness (QED) is 0.442. The Morgan fingerprint density at radius 2 is 1.42 bits per heavy atom. The van der Waals surface area contributed by atoms with Crippen molar-refractivity contribution >= 4 is 27.4 Å². The predicted molar refractivity (Wildman–Crippen MR) is 123 cm³/mol. The number of amides is 2. The van der Waals surface area contributed by atoms with E-state index in [2.05, 4.69) is 11.8 Å². The minimum atomic E-state index is -4.42. The van der Waals surface area contributed by atoms with Crippen molar-refractivity contribution in [2.24, 2.45) is 0 Å². The number of hydrogen-bond donors (Lipinski definition) is 0. The summed E-state index contributed by atoms with van der Waals surface area (Å²) >= 11 is 0. The van der Waals surface area contributed by atoms with Crippen LogP contribution in [0.2, 0.25) is 0 Å². The van der Waals surface area contributed by atoms with E-state index >= 15 is 0 Å². The van der Waals surface area contributed by atoms with Gasteiger partial charge in [0.05, 0.1) is 17.6 Å². The van der Waals surface area contributed by atoms with Crippen molar-refractivity contribution in [2.75, 3.05) is 7.11 Å². The van der Waals surface area contributed by atoms with Crippen LogP contribution in [0.3, 0.4) is 0 Å². The average molecular weight is 458 g/mol. The van der Waals surface area contributed by atoms with E-state index in [9.17, 15) is 18.0 Å². The van der Waals surface area contributed by atoms with Crippen LogP contribution in [0.25, 0.3) is 5.57 Å². The fourth-order valence-corrected chi connectivity index (χ4v) is 4.65. The summed E-state index contributed by atoms with van der Waals surface area (Å²) in [5.74, 6) is 4.23. The number of sulfonamides is 1. The summed E-state index contributed by atoms with van der Waals surface area (Å²) in [5.41, 5.74) is 1.60. The smallest absolute Gasteiger partial charge is 0.284 e. The van der Waals surface area contributed by atoms with E-state index in [0.29, 0.717) is 21.2 Å². The predicted octanol–water partition coefficient (Wildman–Crippen LogP) is 3.57. The van der Waals surface area contributed by atoms with Crippen molar-refractivity contribution in [3.8, 4) is 17.6 Å².